The fourth-order valence-electron chi connectivity index (χ4n) is 1.75. The Hall–Kier alpha value is -1.61. The molecule has 1 aromatic carbocycles. The average Bonchev–Trinajstić information content (AvgIpc) is 2.22. The predicted molar refractivity (Wildman–Crippen MR) is 62.0 cm³/mol. The van der Waals surface area contributed by atoms with Crippen LogP contribution in [0.5, 0.6) is 0 Å². The molecule has 0 amide bonds. The molecule has 0 fully saturated rings. The molecule has 0 radical (unpaired) electrons. The molecule has 0 atom stereocenters. The molecule has 1 aromatic heterocycles. The lowest BCUT2D eigenvalue weighted by atomic mass is 10.1. The van der Waals surface area contributed by atoms with Crippen molar-refractivity contribution in [3.8, 4) is 0 Å². The van der Waals surface area contributed by atoms with E-state index in [0.29, 0.717) is 6.54 Å². The number of benzene rings is 1. The van der Waals surface area contributed by atoms with Crippen LogP contribution in [0.1, 0.15) is 5.56 Å². The van der Waals surface area contributed by atoms with Crippen molar-refractivity contribution in [2.75, 3.05) is 6.54 Å². The number of rotatable bonds is 2. The van der Waals surface area contributed by atoms with Gasteiger partial charge in [0.15, 0.2) is 5.43 Å². The zero-order valence-corrected chi connectivity index (χ0v) is 8.73. The summed E-state index contributed by atoms with van der Waals surface area (Å²) in [6.07, 6.45) is 1.80. The Labute approximate surface area is 88.1 Å². The smallest absolute Gasteiger partial charge is 0.189 e. The first-order valence-corrected chi connectivity index (χ1v) is 5.02. The van der Waals surface area contributed by atoms with E-state index in [-0.39, 0.29) is 5.43 Å². The van der Waals surface area contributed by atoms with Crippen LogP contribution in [0, 0.1) is 6.92 Å². The molecule has 3 nitrogen and oxygen atoms in total. The molecular weight excluding hydrogens is 188 g/mol. The zero-order valence-electron chi connectivity index (χ0n) is 8.73. The first-order chi connectivity index (χ1) is 7.22. The van der Waals surface area contributed by atoms with Gasteiger partial charge in [-0.25, -0.2) is 0 Å². The van der Waals surface area contributed by atoms with E-state index < -0.39 is 0 Å². The monoisotopic (exact) mass is 202 g/mol. The maximum atomic E-state index is 11.6. The molecule has 2 N–H and O–H groups in total. The molecule has 0 aliphatic rings. The van der Waals surface area contributed by atoms with Gasteiger partial charge in [-0.05, 0) is 24.6 Å². The summed E-state index contributed by atoms with van der Waals surface area (Å²) >= 11 is 0. The second-order valence-corrected chi connectivity index (χ2v) is 3.68. The third kappa shape index (κ3) is 1.78. The van der Waals surface area contributed by atoms with Gasteiger partial charge in [0, 0.05) is 30.7 Å². The van der Waals surface area contributed by atoms with Crippen LogP contribution in [-0.2, 0) is 6.54 Å². The minimum Gasteiger partial charge on any atom is -0.346 e. The van der Waals surface area contributed by atoms with Crippen molar-refractivity contribution in [2.24, 2.45) is 5.73 Å². The van der Waals surface area contributed by atoms with Gasteiger partial charge in [-0.3, -0.25) is 4.79 Å². The molecule has 15 heavy (non-hydrogen) atoms. The van der Waals surface area contributed by atoms with Gasteiger partial charge >= 0.3 is 0 Å². The molecular formula is C12H14N2O. The van der Waals surface area contributed by atoms with E-state index in [1.165, 1.54) is 0 Å². The van der Waals surface area contributed by atoms with E-state index in [1.54, 1.807) is 12.3 Å². The highest BCUT2D eigenvalue weighted by Gasteiger charge is 2.01. The van der Waals surface area contributed by atoms with Crippen LogP contribution in [0.15, 0.2) is 35.3 Å². The van der Waals surface area contributed by atoms with E-state index >= 15 is 0 Å². The largest absolute Gasteiger partial charge is 0.346 e. The van der Waals surface area contributed by atoms with Crippen molar-refractivity contribution < 1.29 is 0 Å². The van der Waals surface area contributed by atoms with Crippen LogP contribution in [0.3, 0.4) is 0 Å². The topological polar surface area (TPSA) is 48.0 Å². The number of nitrogens with zero attached hydrogens (tertiary/aromatic N) is 1. The second kappa shape index (κ2) is 3.87. The number of aryl methyl sites for hydroxylation is 1. The molecule has 2 rings (SSSR count). The van der Waals surface area contributed by atoms with Crippen molar-refractivity contribution in [3.05, 3.63) is 46.2 Å². The van der Waals surface area contributed by atoms with E-state index in [1.807, 2.05) is 29.7 Å². The summed E-state index contributed by atoms with van der Waals surface area (Å²) in [6, 6.07) is 7.44. The minimum absolute atomic E-state index is 0.0678. The molecule has 3 heteroatoms. The number of fused-ring (bicyclic) bond motifs is 1. The van der Waals surface area contributed by atoms with E-state index in [2.05, 4.69) is 0 Å². The van der Waals surface area contributed by atoms with Gasteiger partial charge < -0.3 is 10.3 Å². The van der Waals surface area contributed by atoms with E-state index in [0.717, 1.165) is 23.0 Å². The van der Waals surface area contributed by atoms with Crippen molar-refractivity contribution in [1.82, 2.24) is 4.57 Å². The van der Waals surface area contributed by atoms with Crippen LogP contribution in [0.25, 0.3) is 10.9 Å². The standard InChI is InChI=1S/C12H14N2O/c1-9-2-3-10-11(8-9)14(7-5-13)6-4-12(10)15/h2-4,6,8H,5,7,13H2,1H3. The first-order valence-electron chi connectivity index (χ1n) is 5.02. The van der Waals surface area contributed by atoms with Crippen molar-refractivity contribution >= 4 is 10.9 Å². The maximum Gasteiger partial charge on any atom is 0.189 e. The van der Waals surface area contributed by atoms with Crippen LogP contribution in [-0.4, -0.2) is 11.1 Å². The highest BCUT2D eigenvalue weighted by molar-refractivity contribution is 5.79. The summed E-state index contributed by atoms with van der Waals surface area (Å²) in [5.74, 6) is 0. The van der Waals surface area contributed by atoms with Crippen LogP contribution >= 0.6 is 0 Å². The molecule has 0 saturated heterocycles. The molecule has 0 spiro atoms. The molecule has 0 aliphatic carbocycles. The molecule has 1 heterocycles. The Bertz CT molecular complexity index is 543. The van der Waals surface area contributed by atoms with Gasteiger partial charge in [0.05, 0.1) is 5.52 Å². The first kappa shape index (κ1) is 9.93. The Kier molecular flexibility index (Phi) is 2.56. The number of pyridine rings is 1. The second-order valence-electron chi connectivity index (χ2n) is 3.68. The highest BCUT2D eigenvalue weighted by atomic mass is 16.1. The fourth-order valence-corrected chi connectivity index (χ4v) is 1.75. The average molecular weight is 202 g/mol. The normalized spacial score (nSPS) is 10.8. The Morgan fingerprint density at radius 3 is 2.87 bits per heavy atom. The third-order valence-electron chi connectivity index (χ3n) is 2.50. The summed E-state index contributed by atoms with van der Waals surface area (Å²) in [6.45, 7) is 3.33. The van der Waals surface area contributed by atoms with Crippen molar-refractivity contribution in [2.45, 2.75) is 13.5 Å². The predicted octanol–water partition coefficient (Wildman–Crippen LogP) is 1.27. The van der Waals surface area contributed by atoms with Crippen molar-refractivity contribution in [1.29, 1.82) is 0 Å². The number of aromatic nitrogens is 1. The quantitative estimate of drug-likeness (QED) is 0.797. The van der Waals surface area contributed by atoms with Crippen LogP contribution in [0.2, 0.25) is 0 Å². The van der Waals surface area contributed by atoms with Gasteiger partial charge in [-0.2, -0.15) is 0 Å². The van der Waals surface area contributed by atoms with E-state index in [4.69, 9.17) is 5.73 Å². The minimum atomic E-state index is 0.0678. The lowest BCUT2D eigenvalue weighted by Gasteiger charge is -2.09. The summed E-state index contributed by atoms with van der Waals surface area (Å²) < 4.78 is 2.02. The van der Waals surface area contributed by atoms with Crippen LogP contribution in [0.4, 0.5) is 0 Å². The SMILES string of the molecule is Cc1ccc2c(=O)ccn(CCN)c2c1. The maximum absolute atomic E-state index is 11.6. The Morgan fingerprint density at radius 1 is 1.33 bits per heavy atom. The van der Waals surface area contributed by atoms with Gasteiger partial charge in [0.2, 0.25) is 0 Å². The molecule has 0 unspecified atom stereocenters. The Balaban J connectivity index is 2.78. The van der Waals surface area contributed by atoms with Gasteiger partial charge in [0.1, 0.15) is 0 Å². The van der Waals surface area contributed by atoms with E-state index in [9.17, 15) is 4.79 Å². The highest BCUT2D eigenvalue weighted by Crippen LogP contribution is 2.12. The van der Waals surface area contributed by atoms with Crippen LogP contribution < -0.4 is 11.2 Å². The summed E-state index contributed by atoms with van der Waals surface area (Å²) in [5, 5.41) is 0.761. The van der Waals surface area contributed by atoms with Gasteiger partial charge in [0.25, 0.3) is 0 Å². The summed E-state index contributed by atoms with van der Waals surface area (Å²) in [5.41, 5.74) is 7.71. The molecule has 0 bridgehead atoms. The Morgan fingerprint density at radius 2 is 2.13 bits per heavy atom. The number of nitrogens with two attached hydrogens (primary N) is 1. The lowest BCUT2D eigenvalue weighted by Crippen LogP contribution is -2.13. The summed E-state index contributed by atoms with van der Waals surface area (Å²) in [7, 11) is 0. The zero-order chi connectivity index (χ0) is 10.8. The third-order valence-corrected chi connectivity index (χ3v) is 2.50. The molecule has 2 aromatic rings. The lowest BCUT2D eigenvalue weighted by molar-refractivity contribution is 0.728. The molecule has 0 saturated carbocycles. The molecule has 78 valence electrons. The molecule has 0 aliphatic heterocycles. The number of hydrogen-bond acceptors (Lipinski definition) is 2. The van der Waals surface area contributed by atoms with Crippen molar-refractivity contribution in [3.63, 3.8) is 0 Å². The number of hydrogen-bond donors (Lipinski definition) is 1. The van der Waals surface area contributed by atoms with Gasteiger partial charge in [-0.1, -0.05) is 6.07 Å². The fraction of sp³-hybridized carbons (Fsp3) is 0.250. The summed E-state index contributed by atoms with van der Waals surface area (Å²) in [4.78, 5) is 11.6. The van der Waals surface area contributed by atoms with Gasteiger partial charge in [-0.15, -0.1) is 0 Å².